The Bertz CT molecular complexity index is 882. The summed E-state index contributed by atoms with van der Waals surface area (Å²) in [7, 11) is 0. The third-order valence-electron chi connectivity index (χ3n) is 11.6. The quantitative estimate of drug-likeness (QED) is 0.410. The third kappa shape index (κ3) is 4.00. The molecule has 0 bridgehead atoms. The van der Waals surface area contributed by atoms with Crippen molar-refractivity contribution in [3.8, 4) is 0 Å². The van der Waals surface area contributed by atoms with E-state index < -0.39 is 11.2 Å². The zero-order valence-electron chi connectivity index (χ0n) is 22.7. The van der Waals surface area contributed by atoms with E-state index in [1.54, 1.807) is 0 Å². The highest BCUT2D eigenvalue weighted by atomic mass is 16.5. The molecule has 0 aliphatic heterocycles. The van der Waals surface area contributed by atoms with Crippen LogP contribution in [0, 0.1) is 28.6 Å². The number of hydrogen-bond donors (Lipinski definition) is 3. The van der Waals surface area contributed by atoms with Gasteiger partial charge in [0.05, 0.1) is 11.7 Å². The van der Waals surface area contributed by atoms with Crippen LogP contribution in [0.15, 0.2) is 30.3 Å². The SMILES string of the molecule is C[C@]12CC[C@H](OCCCN)C[C@@H]1CC[C@@H]1[C@@H]2CC[C@]2(C)[C@@](OCCCN)(c3ccccc3)CC[C@]12O. The molecule has 4 aliphatic carbocycles. The van der Waals surface area contributed by atoms with Crippen LogP contribution in [-0.2, 0) is 15.1 Å². The molecule has 0 amide bonds. The van der Waals surface area contributed by atoms with Crippen molar-refractivity contribution in [1.82, 2.24) is 0 Å². The monoisotopic (exact) mass is 498 g/mol. The number of benzene rings is 1. The highest BCUT2D eigenvalue weighted by molar-refractivity contribution is 5.33. The molecule has 5 N–H and O–H groups in total. The number of rotatable bonds is 9. The van der Waals surface area contributed by atoms with Gasteiger partial charge < -0.3 is 26.0 Å². The summed E-state index contributed by atoms with van der Waals surface area (Å²) in [4.78, 5) is 0. The zero-order chi connectivity index (χ0) is 25.4. The summed E-state index contributed by atoms with van der Waals surface area (Å²) >= 11 is 0. The summed E-state index contributed by atoms with van der Waals surface area (Å²) in [5.41, 5.74) is 11.6. The predicted octanol–water partition coefficient (Wildman–Crippen LogP) is 5.14. The van der Waals surface area contributed by atoms with Crippen LogP contribution >= 0.6 is 0 Å². The summed E-state index contributed by atoms with van der Waals surface area (Å²) in [6.45, 7) is 7.68. The average molecular weight is 499 g/mol. The van der Waals surface area contributed by atoms with Gasteiger partial charge in [-0.1, -0.05) is 44.2 Å². The molecule has 8 atom stereocenters. The molecule has 0 heterocycles. The van der Waals surface area contributed by atoms with Crippen molar-refractivity contribution in [3.05, 3.63) is 35.9 Å². The van der Waals surface area contributed by atoms with Crippen LogP contribution in [0.2, 0.25) is 0 Å². The predicted molar refractivity (Wildman–Crippen MR) is 144 cm³/mol. The number of nitrogens with two attached hydrogens (primary N) is 2. The van der Waals surface area contributed by atoms with E-state index in [1.807, 2.05) is 0 Å². The zero-order valence-corrected chi connectivity index (χ0v) is 22.7. The van der Waals surface area contributed by atoms with E-state index >= 15 is 0 Å². The van der Waals surface area contributed by atoms with Crippen molar-refractivity contribution in [2.75, 3.05) is 26.3 Å². The number of aliphatic hydroxyl groups is 1. The second-order valence-corrected chi connectivity index (χ2v) is 12.9. The molecule has 0 spiro atoms. The molecule has 36 heavy (non-hydrogen) atoms. The summed E-state index contributed by atoms with van der Waals surface area (Å²) in [5, 5.41) is 12.8. The van der Waals surface area contributed by atoms with Gasteiger partial charge in [-0.3, -0.25) is 0 Å². The fourth-order valence-corrected chi connectivity index (χ4v) is 9.48. The van der Waals surface area contributed by atoms with E-state index in [2.05, 4.69) is 44.2 Å². The van der Waals surface area contributed by atoms with Crippen LogP contribution in [-0.4, -0.2) is 43.1 Å². The van der Waals surface area contributed by atoms with Gasteiger partial charge in [0.1, 0.15) is 5.60 Å². The fraction of sp³-hybridized carbons (Fsp3) is 0.806. The average Bonchev–Trinajstić information content (AvgIpc) is 3.13. The van der Waals surface area contributed by atoms with Crippen molar-refractivity contribution < 1.29 is 14.6 Å². The van der Waals surface area contributed by atoms with Crippen molar-refractivity contribution in [2.24, 2.45) is 40.1 Å². The summed E-state index contributed by atoms with van der Waals surface area (Å²) in [6, 6.07) is 10.8. The molecule has 5 nitrogen and oxygen atoms in total. The van der Waals surface area contributed by atoms with Crippen molar-refractivity contribution in [3.63, 3.8) is 0 Å². The third-order valence-corrected chi connectivity index (χ3v) is 11.6. The van der Waals surface area contributed by atoms with Crippen LogP contribution in [0.1, 0.15) is 90.0 Å². The Morgan fingerprint density at radius 2 is 1.61 bits per heavy atom. The second-order valence-electron chi connectivity index (χ2n) is 12.9. The van der Waals surface area contributed by atoms with Gasteiger partial charge in [-0.05, 0) is 112 Å². The van der Waals surface area contributed by atoms with Crippen molar-refractivity contribution in [2.45, 2.75) is 102 Å². The molecular formula is C31H50N2O3. The van der Waals surface area contributed by atoms with Gasteiger partial charge in [-0.25, -0.2) is 0 Å². The van der Waals surface area contributed by atoms with Crippen molar-refractivity contribution >= 4 is 0 Å². The van der Waals surface area contributed by atoms with E-state index in [0.29, 0.717) is 49.0 Å². The lowest BCUT2D eigenvalue weighted by Crippen LogP contribution is -2.65. The highest BCUT2D eigenvalue weighted by Gasteiger charge is 2.72. The van der Waals surface area contributed by atoms with Gasteiger partial charge >= 0.3 is 0 Å². The van der Waals surface area contributed by atoms with Gasteiger partial charge in [0.2, 0.25) is 0 Å². The van der Waals surface area contributed by atoms with Gasteiger partial charge in [-0.2, -0.15) is 0 Å². The summed E-state index contributed by atoms with van der Waals surface area (Å²) in [5.74, 6) is 1.62. The number of hydrogen-bond acceptors (Lipinski definition) is 5. The maximum atomic E-state index is 12.8. The fourth-order valence-electron chi connectivity index (χ4n) is 9.48. The summed E-state index contributed by atoms with van der Waals surface area (Å²) < 4.78 is 13.1. The molecule has 0 radical (unpaired) electrons. The van der Waals surface area contributed by atoms with Crippen molar-refractivity contribution in [1.29, 1.82) is 0 Å². The number of ether oxygens (including phenoxy) is 2. The molecular weight excluding hydrogens is 448 g/mol. The molecule has 5 rings (SSSR count). The normalized spacial score (nSPS) is 44.0. The van der Waals surface area contributed by atoms with Crippen LogP contribution < -0.4 is 11.5 Å². The molecule has 0 saturated heterocycles. The standard InChI is InChI=1S/C31H50N2O3/c1-28-14-12-25(35-20-6-18-32)22-24(28)10-11-27-26(28)13-15-29(2)30(27,34)16-17-31(29,36-21-7-19-33)23-8-4-3-5-9-23/h3-5,8-9,24-27,34H,6-7,10-22,32-33H2,1-2H3/t24-,25-,26-,27+,28-,29-,30-,31-/m0/s1. The van der Waals surface area contributed by atoms with Gasteiger partial charge in [0, 0.05) is 18.6 Å². The van der Waals surface area contributed by atoms with Crippen LogP contribution in [0.25, 0.3) is 0 Å². The highest BCUT2D eigenvalue weighted by Crippen LogP contribution is 2.72. The van der Waals surface area contributed by atoms with E-state index in [0.717, 1.165) is 51.6 Å². The molecule has 0 aromatic heterocycles. The Labute approximate surface area is 218 Å². The molecule has 4 saturated carbocycles. The van der Waals surface area contributed by atoms with E-state index in [4.69, 9.17) is 20.9 Å². The Kier molecular flexibility index (Phi) is 7.61. The van der Waals surface area contributed by atoms with E-state index in [-0.39, 0.29) is 5.41 Å². The lowest BCUT2D eigenvalue weighted by Gasteiger charge is -2.65. The molecule has 1 aromatic carbocycles. The molecule has 202 valence electrons. The van der Waals surface area contributed by atoms with Gasteiger partial charge in [-0.15, -0.1) is 0 Å². The Morgan fingerprint density at radius 3 is 2.36 bits per heavy atom. The molecule has 1 aromatic rings. The van der Waals surface area contributed by atoms with Crippen LogP contribution in [0.3, 0.4) is 0 Å². The maximum absolute atomic E-state index is 12.8. The van der Waals surface area contributed by atoms with E-state index in [9.17, 15) is 5.11 Å². The topological polar surface area (TPSA) is 90.7 Å². The second kappa shape index (κ2) is 10.3. The largest absolute Gasteiger partial charge is 0.389 e. The van der Waals surface area contributed by atoms with Crippen LogP contribution in [0.5, 0.6) is 0 Å². The maximum Gasteiger partial charge on any atom is 0.101 e. The van der Waals surface area contributed by atoms with E-state index in [1.165, 1.54) is 31.2 Å². The Morgan fingerprint density at radius 1 is 0.861 bits per heavy atom. The molecule has 5 heteroatoms. The molecule has 4 fully saturated rings. The Hall–Kier alpha value is -0.980. The van der Waals surface area contributed by atoms with Crippen LogP contribution in [0.4, 0.5) is 0 Å². The molecule has 4 aliphatic rings. The lowest BCUT2D eigenvalue weighted by atomic mass is 9.42. The first-order chi connectivity index (χ1) is 17.3. The Balaban J connectivity index is 1.41. The minimum Gasteiger partial charge on any atom is -0.389 e. The molecule has 0 unspecified atom stereocenters. The smallest absolute Gasteiger partial charge is 0.101 e. The first-order valence-corrected chi connectivity index (χ1v) is 14.8. The van der Waals surface area contributed by atoms with Gasteiger partial charge in [0.15, 0.2) is 0 Å². The number of fused-ring (bicyclic) bond motifs is 5. The summed E-state index contributed by atoms with van der Waals surface area (Å²) in [6.07, 6.45) is 12.0. The first-order valence-electron chi connectivity index (χ1n) is 14.8. The minimum absolute atomic E-state index is 0.298. The minimum atomic E-state index is -0.697. The first kappa shape index (κ1) is 26.6. The lowest BCUT2D eigenvalue weighted by molar-refractivity contribution is -0.249. The van der Waals surface area contributed by atoms with Gasteiger partial charge in [0.25, 0.3) is 0 Å².